The third-order valence-electron chi connectivity index (χ3n) is 3.07. The van der Waals surface area contributed by atoms with Crippen LogP contribution in [0.4, 0.5) is 0 Å². The number of carbonyl (C=O) groups is 1. The maximum atomic E-state index is 12.1. The summed E-state index contributed by atoms with van der Waals surface area (Å²) in [5.74, 6) is 0.0490. The molecule has 0 N–H and O–H groups in total. The fraction of sp³-hybridized carbons (Fsp3) is 0.188. The summed E-state index contributed by atoms with van der Waals surface area (Å²) in [5, 5.41) is 0. The van der Waals surface area contributed by atoms with Crippen LogP contribution in [-0.2, 0) is 14.8 Å². The Labute approximate surface area is 129 Å². The van der Waals surface area contributed by atoms with Gasteiger partial charge in [-0.3, -0.25) is 4.79 Å². The molecule has 114 valence electrons. The lowest BCUT2D eigenvalue weighted by Gasteiger charge is -2.09. The lowest BCUT2D eigenvalue weighted by Crippen LogP contribution is -2.11. The molecule has 0 spiro atoms. The van der Waals surface area contributed by atoms with Gasteiger partial charge in [0.05, 0.1) is 10.6 Å². The van der Waals surface area contributed by atoms with Gasteiger partial charge < -0.3 is 0 Å². The topological polar surface area (TPSA) is 75.9 Å². The molecule has 0 saturated carbocycles. The van der Waals surface area contributed by atoms with E-state index < -0.39 is 10.0 Å². The van der Waals surface area contributed by atoms with Crippen molar-refractivity contribution in [2.45, 2.75) is 25.7 Å². The van der Waals surface area contributed by atoms with Crippen LogP contribution in [0.15, 0.2) is 67.9 Å². The van der Waals surface area contributed by atoms with Gasteiger partial charge in [0, 0.05) is 0 Å². The van der Waals surface area contributed by atoms with Crippen molar-refractivity contribution in [1.29, 1.82) is 0 Å². The van der Waals surface area contributed by atoms with Crippen LogP contribution in [0.25, 0.3) is 0 Å². The Morgan fingerprint density at radius 3 is 2.27 bits per heavy atom. The standard InChI is InChI=1S/C16H16N2O3S/c1-11-10-16(19)12(2)9-15(11)17-13(3)18-22(20,21)14-7-5-4-6-8-14/h4-10H,1-3H3/b17-15?,18-13-. The second-order valence-electron chi connectivity index (χ2n) is 4.94. The van der Waals surface area contributed by atoms with E-state index in [1.54, 1.807) is 38.1 Å². The lowest BCUT2D eigenvalue weighted by atomic mass is 9.99. The maximum Gasteiger partial charge on any atom is 0.283 e. The predicted octanol–water partition coefficient (Wildman–Crippen LogP) is 2.71. The van der Waals surface area contributed by atoms with Crippen LogP contribution in [0.2, 0.25) is 0 Å². The summed E-state index contributed by atoms with van der Waals surface area (Å²) in [6.45, 7) is 4.95. The number of ketones is 1. The summed E-state index contributed by atoms with van der Waals surface area (Å²) in [7, 11) is -3.78. The van der Waals surface area contributed by atoms with Crippen LogP contribution in [0.3, 0.4) is 0 Å². The number of benzene rings is 1. The van der Waals surface area contributed by atoms with E-state index in [4.69, 9.17) is 0 Å². The minimum Gasteiger partial charge on any atom is -0.290 e. The molecule has 5 nitrogen and oxygen atoms in total. The van der Waals surface area contributed by atoms with Gasteiger partial charge in [0.1, 0.15) is 5.84 Å². The van der Waals surface area contributed by atoms with E-state index in [1.165, 1.54) is 25.1 Å². The molecule has 1 aromatic rings. The third kappa shape index (κ3) is 3.65. The largest absolute Gasteiger partial charge is 0.290 e. The molecule has 0 amide bonds. The number of aliphatic imine (C=N–C) groups is 1. The van der Waals surface area contributed by atoms with E-state index in [0.717, 1.165) is 0 Å². The van der Waals surface area contributed by atoms with Gasteiger partial charge in [-0.25, -0.2) is 4.99 Å². The van der Waals surface area contributed by atoms with Crippen molar-refractivity contribution < 1.29 is 13.2 Å². The zero-order valence-electron chi connectivity index (χ0n) is 12.6. The molecule has 0 bridgehead atoms. The van der Waals surface area contributed by atoms with Crippen molar-refractivity contribution in [1.82, 2.24) is 0 Å². The van der Waals surface area contributed by atoms with Crippen molar-refractivity contribution in [3.63, 3.8) is 0 Å². The van der Waals surface area contributed by atoms with Crippen molar-refractivity contribution in [2.24, 2.45) is 9.39 Å². The highest BCUT2D eigenvalue weighted by Crippen LogP contribution is 2.14. The van der Waals surface area contributed by atoms with E-state index in [1.807, 2.05) is 0 Å². The van der Waals surface area contributed by atoms with Crippen molar-refractivity contribution in [3.8, 4) is 0 Å². The van der Waals surface area contributed by atoms with Gasteiger partial charge in [0.25, 0.3) is 10.0 Å². The maximum absolute atomic E-state index is 12.1. The van der Waals surface area contributed by atoms with E-state index in [2.05, 4.69) is 9.39 Å². The molecular weight excluding hydrogens is 300 g/mol. The fourth-order valence-corrected chi connectivity index (χ4v) is 2.90. The first-order valence-electron chi connectivity index (χ1n) is 6.66. The summed E-state index contributed by atoms with van der Waals surface area (Å²) in [5.41, 5.74) is 1.78. The molecule has 0 aromatic heterocycles. The summed E-state index contributed by atoms with van der Waals surface area (Å²) >= 11 is 0. The van der Waals surface area contributed by atoms with Crippen LogP contribution in [0.1, 0.15) is 20.8 Å². The minimum absolute atomic E-state index is 0.0667. The van der Waals surface area contributed by atoms with Gasteiger partial charge in [-0.1, -0.05) is 18.2 Å². The number of hydrogen-bond acceptors (Lipinski definition) is 3. The normalized spacial score (nSPS) is 18.2. The first kappa shape index (κ1) is 16.0. The summed E-state index contributed by atoms with van der Waals surface area (Å²) in [6.07, 6.45) is 3.11. The Bertz CT molecular complexity index is 829. The smallest absolute Gasteiger partial charge is 0.283 e. The Kier molecular flexibility index (Phi) is 4.51. The van der Waals surface area contributed by atoms with E-state index in [9.17, 15) is 13.2 Å². The number of rotatable bonds is 2. The first-order valence-corrected chi connectivity index (χ1v) is 8.10. The zero-order chi connectivity index (χ0) is 16.3. The average molecular weight is 316 g/mol. The second kappa shape index (κ2) is 6.19. The highest BCUT2D eigenvalue weighted by atomic mass is 32.2. The molecule has 0 unspecified atom stereocenters. The first-order chi connectivity index (χ1) is 10.3. The molecule has 0 saturated heterocycles. The Morgan fingerprint density at radius 1 is 1.00 bits per heavy atom. The summed E-state index contributed by atoms with van der Waals surface area (Å²) in [6, 6.07) is 7.96. The predicted molar refractivity (Wildman–Crippen MR) is 86.7 cm³/mol. The summed E-state index contributed by atoms with van der Waals surface area (Å²) < 4.78 is 28.0. The van der Waals surface area contributed by atoms with Crippen molar-refractivity contribution >= 4 is 27.4 Å². The molecular formula is C16H16N2O3S. The van der Waals surface area contributed by atoms with E-state index in [-0.39, 0.29) is 16.5 Å². The van der Waals surface area contributed by atoms with Crippen LogP contribution in [0, 0.1) is 0 Å². The number of allylic oxidation sites excluding steroid dienone is 4. The van der Waals surface area contributed by atoms with E-state index >= 15 is 0 Å². The van der Waals surface area contributed by atoms with Gasteiger partial charge in [-0.05, 0) is 56.2 Å². The Balaban J connectivity index is 2.37. The average Bonchev–Trinajstić information content (AvgIpc) is 2.45. The van der Waals surface area contributed by atoms with Crippen LogP contribution in [0.5, 0.6) is 0 Å². The summed E-state index contributed by atoms with van der Waals surface area (Å²) in [4.78, 5) is 15.8. The molecule has 0 atom stereocenters. The molecule has 0 aliphatic heterocycles. The van der Waals surface area contributed by atoms with Gasteiger partial charge in [-0.15, -0.1) is 4.40 Å². The molecule has 1 aromatic carbocycles. The van der Waals surface area contributed by atoms with Crippen LogP contribution < -0.4 is 0 Å². The fourth-order valence-electron chi connectivity index (χ4n) is 1.91. The molecule has 0 fully saturated rings. The van der Waals surface area contributed by atoms with Crippen LogP contribution >= 0.6 is 0 Å². The number of carbonyl (C=O) groups excluding carboxylic acids is 1. The molecule has 0 heterocycles. The molecule has 22 heavy (non-hydrogen) atoms. The zero-order valence-corrected chi connectivity index (χ0v) is 13.4. The number of nitrogens with zero attached hydrogens (tertiary/aromatic N) is 2. The quantitative estimate of drug-likeness (QED) is 0.478. The highest BCUT2D eigenvalue weighted by molar-refractivity contribution is 7.90. The lowest BCUT2D eigenvalue weighted by molar-refractivity contribution is -0.111. The number of sulfonamides is 1. The van der Waals surface area contributed by atoms with Gasteiger partial charge in [0.2, 0.25) is 0 Å². The SMILES string of the molecule is CC1=CC(=N/C(C)=N\S(=O)(=O)c2ccccc2)C(C)=CC1=O. The minimum atomic E-state index is -3.78. The molecule has 1 aliphatic rings. The molecule has 2 rings (SSSR count). The third-order valence-corrected chi connectivity index (χ3v) is 4.44. The highest BCUT2D eigenvalue weighted by Gasteiger charge is 2.15. The van der Waals surface area contributed by atoms with Gasteiger partial charge >= 0.3 is 0 Å². The second-order valence-corrected chi connectivity index (χ2v) is 6.55. The Morgan fingerprint density at radius 2 is 1.64 bits per heavy atom. The number of hydrogen-bond donors (Lipinski definition) is 0. The molecule has 6 heteroatoms. The monoisotopic (exact) mass is 316 g/mol. The van der Waals surface area contributed by atoms with Crippen molar-refractivity contribution in [3.05, 3.63) is 53.6 Å². The van der Waals surface area contributed by atoms with E-state index in [0.29, 0.717) is 16.9 Å². The number of amidine groups is 1. The molecule has 0 radical (unpaired) electrons. The van der Waals surface area contributed by atoms with Gasteiger partial charge in [0.15, 0.2) is 5.78 Å². The van der Waals surface area contributed by atoms with Gasteiger partial charge in [-0.2, -0.15) is 8.42 Å². The molecule has 1 aliphatic carbocycles. The Hall–Kier alpha value is -2.34. The van der Waals surface area contributed by atoms with Crippen molar-refractivity contribution in [2.75, 3.05) is 0 Å². The van der Waals surface area contributed by atoms with Crippen LogP contribution in [-0.4, -0.2) is 25.7 Å².